The minimum atomic E-state index is -3.07. The SMILES string of the molecule is O=[N+]([O-])c1ccc2c(c1)CS(=O)(=O)C2. The maximum Gasteiger partial charge on any atom is 0.269 e. The first-order valence-corrected chi connectivity index (χ1v) is 5.77. The lowest BCUT2D eigenvalue weighted by molar-refractivity contribution is -0.384. The lowest BCUT2D eigenvalue weighted by Crippen LogP contribution is -1.95. The van der Waals surface area contributed by atoms with Crippen LogP contribution in [0.25, 0.3) is 0 Å². The molecular formula is C8H7NO4S. The quantitative estimate of drug-likeness (QED) is 0.515. The molecule has 1 aliphatic heterocycles. The van der Waals surface area contributed by atoms with E-state index in [0.717, 1.165) is 0 Å². The Morgan fingerprint density at radius 3 is 2.50 bits per heavy atom. The lowest BCUT2D eigenvalue weighted by Gasteiger charge is -1.95. The van der Waals surface area contributed by atoms with E-state index in [9.17, 15) is 18.5 Å². The van der Waals surface area contributed by atoms with Crippen LogP contribution in [-0.4, -0.2) is 13.3 Å². The van der Waals surface area contributed by atoms with Crippen LogP contribution in [0.4, 0.5) is 5.69 Å². The number of sulfone groups is 1. The summed E-state index contributed by atoms with van der Waals surface area (Å²) in [6, 6.07) is 4.18. The highest BCUT2D eigenvalue weighted by atomic mass is 32.2. The largest absolute Gasteiger partial charge is 0.269 e. The molecule has 5 nitrogen and oxygen atoms in total. The highest BCUT2D eigenvalue weighted by Gasteiger charge is 2.26. The molecule has 1 heterocycles. The molecule has 0 aliphatic carbocycles. The summed E-state index contributed by atoms with van der Waals surface area (Å²) < 4.78 is 22.4. The van der Waals surface area contributed by atoms with Crippen LogP contribution in [0.15, 0.2) is 18.2 Å². The van der Waals surface area contributed by atoms with Crippen molar-refractivity contribution in [3.63, 3.8) is 0 Å². The molecule has 0 amide bonds. The van der Waals surface area contributed by atoms with Gasteiger partial charge < -0.3 is 0 Å². The second kappa shape index (κ2) is 2.78. The maximum atomic E-state index is 11.2. The van der Waals surface area contributed by atoms with Gasteiger partial charge in [-0.25, -0.2) is 8.42 Å². The molecule has 0 N–H and O–H groups in total. The number of nitro benzene ring substituents is 1. The van der Waals surface area contributed by atoms with E-state index in [1.54, 1.807) is 0 Å². The van der Waals surface area contributed by atoms with Gasteiger partial charge in [0.15, 0.2) is 9.84 Å². The molecule has 0 bridgehead atoms. The van der Waals surface area contributed by atoms with Crippen molar-refractivity contribution in [1.82, 2.24) is 0 Å². The second-order valence-corrected chi connectivity index (χ2v) is 5.31. The Balaban J connectivity index is 2.50. The first-order valence-electron chi connectivity index (χ1n) is 3.94. The van der Waals surface area contributed by atoms with Crippen LogP contribution >= 0.6 is 0 Å². The Morgan fingerprint density at radius 2 is 1.86 bits per heavy atom. The molecule has 14 heavy (non-hydrogen) atoms. The van der Waals surface area contributed by atoms with Crippen LogP contribution in [0, 0.1) is 10.1 Å². The zero-order valence-electron chi connectivity index (χ0n) is 7.13. The molecule has 1 aromatic carbocycles. The van der Waals surface area contributed by atoms with E-state index < -0.39 is 14.8 Å². The van der Waals surface area contributed by atoms with Crippen LogP contribution in [0.5, 0.6) is 0 Å². The van der Waals surface area contributed by atoms with Gasteiger partial charge in [-0.1, -0.05) is 6.07 Å². The van der Waals surface area contributed by atoms with Crippen molar-refractivity contribution in [1.29, 1.82) is 0 Å². The minimum Gasteiger partial charge on any atom is -0.258 e. The van der Waals surface area contributed by atoms with Crippen LogP contribution in [0.1, 0.15) is 11.1 Å². The first-order chi connectivity index (χ1) is 6.48. The zero-order valence-corrected chi connectivity index (χ0v) is 7.95. The number of rotatable bonds is 1. The molecule has 0 saturated carbocycles. The van der Waals surface area contributed by atoms with Gasteiger partial charge in [0.1, 0.15) is 0 Å². The first kappa shape index (κ1) is 9.14. The lowest BCUT2D eigenvalue weighted by atomic mass is 10.1. The van der Waals surface area contributed by atoms with Gasteiger partial charge in [0.05, 0.1) is 16.4 Å². The number of non-ortho nitro benzene ring substituents is 1. The summed E-state index contributed by atoms with van der Waals surface area (Å²) in [5.41, 5.74) is 1.18. The summed E-state index contributed by atoms with van der Waals surface area (Å²) in [7, 11) is -3.07. The van der Waals surface area contributed by atoms with Crippen LogP contribution < -0.4 is 0 Å². The van der Waals surface area contributed by atoms with Crippen molar-refractivity contribution in [2.24, 2.45) is 0 Å². The molecule has 0 spiro atoms. The third-order valence-corrected chi connectivity index (χ3v) is 3.65. The Bertz CT molecular complexity index is 506. The average Bonchev–Trinajstić information content (AvgIpc) is 2.36. The monoisotopic (exact) mass is 213 g/mol. The molecular weight excluding hydrogens is 206 g/mol. The zero-order chi connectivity index (χ0) is 10.3. The van der Waals surface area contributed by atoms with E-state index in [-0.39, 0.29) is 17.2 Å². The Labute approximate surface area is 80.4 Å². The number of hydrogen-bond acceptors (Lipinski definition) is 4. The fourth-order valence-electron chi connectivity index (χ4n) is 1.53. The maximum absolute atomic E-state index is 11.2. The number of benzene rings is 1. The third-order valence-electron chi connectivity index (χ3n) is 2.15. The molecule has 1 aliphatic rings. The molecule has 1 aromatic rings. The standard InChI is InChI=1S/C8H7NO4S/c10-9(11)8-2-1-6-4-14(12,13)5-7(6)3-8/h1-3H,4-5H2. The van der Waals surface area contributed by atoms with E-state index >= 15 is 0 Å². The summed E-state index contributed by atoms with van der Waals surface area (Å²) >= 11 is 0. The molecule has 0 radical (unpaired) electrons. The summed E-state index contributed by atoms with van der Waals surface area (Å²) in [6.45, 7) is 0. The molecule has 0 unspecified atom stereocenters. The number of nitrogens with zero attached hydrogens (tertiary/aromatic N) is 1. The van der Waals surface area contributed by atoms with Crippen LogP contribution in [0.3, 0.4) is 0 Å². The number of hydrogen-bond donors (Lipinski definition) is 0. The summed E-state index contributed by atoms with van der Waals surface area (Å²) in [5, 5.41) is 10.4. The molecule has 0 aromatic heterocycles. The summed E-state index contributed by atoms with van der Waals surface area (Å²) in [5.74, 6) is -0.0790. The Hall–Kier alpha value is -1.43. The van der Waals surface area contributed by atoms with Crippen molar-refractivity contribution in [3.05, 3.63) is 39.4 Å². The number of fused-ring (bicyclic) bond motifs is 1. The van der Waals surface area contributed by atoms with Crippen molar-refractivity contribution in [2.75, 3.05) is 0 Å². The van der Waals surface area contributed by atoms with Crippen molar-refractivity contribution in [2.45, 2.75) is 11.5 Å². The predicted octanol–water partition coefficient (Wildman–Crippen LogP) is 1.02. The van der Waals surface area contributed by atoms with Gasteiger partial charge in [0, 0.05) is 12.1 Å². The molecule has 0 fully saturated rings. The van der Waals surface area contributed by atoms with E-state index in [0.29, 0.717) is 11.1 Å². The smallest absolute Gasteiger partial charge is 0.258 e. The van der Waals surface area contributed by atoms with Gasteiger partial charge in [0.2, 0.25) is 0 Å². The van der Waals surface area contributed by atoms with E-state index in [1.165, 1.54) is 18.2 Å². The fraction of sp³-hybridized carbons (Fsp3) is 0.250. The average molecular weight is 213 g/mol. The normalized spacial score (nSPS) is 17.7. The van der Waals surface area contributed by atoms with Crippen LogP contribution in [-0.2, 0) is 21.3 Å². The van der Waals surface area contributed by atoms with E-state index in [4.69, 9.17) is 0 Å². The van der Waals surface area contributed by atoms with Crippen molar-refractivity contribution >= 4 is 15.5 Å². The van der Waals surface area contributed by atoms with Gasteiger partial charge >= 0.3 is 0 Å². The minimum absolute atomic E-state index is 0.000325. The molecule has 74 valence electrons. The van der Waals surface area contributed by atoms with Gasteiger partial charge in [-0.2, -0.15) is 0 Å². The highest BCUT2D eigenvalue weighted by Crippen LogP contribution is 2.28. The van der Waals surface area contributed by atoms with Crippen molar-refractivity contribution < 1.29 is 13.3 Å². The summed E-state index contributed by atoms with van der Waals surface area (Å²) in [4.78, 5) is 9.90. The predicted molar refractivity (Wildman–Crippen MR) is 49.4 cm³/mol. The topological polar surface area (TPSA) is 77.3 Å². The van der Waals surface area contributed by atoms with E-state index in [1.807, 2.05) is 0 Å². The molecule has 0 saturated heterocycles. The Kier molecular flexibility index (Phi) is 1.81. The fourth-order valence-corrected chi connectivity index (χ4v) is 3.13. The summed E-state index contributed by atoms with van der Waals surface area (Å²) in [6.07, 6.45) is 0. The van der Waals surface area contributed by atoms with E-state index in [2.05, 4.69) is 0 Å². The highest BCUT2D eigenvalue weighted by molar-refractivity contribution is 7.90. The van der Waals surface area contributed by atoms with Crippen molar-refractivity contribution in [3.8, 4) is 0 Å². The van der Waals surface area contributed by atoms with Gasteiger partial charge in [-0.3, -0.25) is 10.1 Å². The third kappa shape index (κ3) is 1.48. The molecule has 0 atom stereocenters. The second-order valence-electron chi connectivity index (χ2n) is 3.24. The number of nitro groups is 1. The molecule has 6 heteroatoms. The molecule has 2 rings (SSSR count). The van der Waals surface area contributed by atoms with Gasteiger partial charge in [-0.05, 0) is 11.1 Å². The van der Waals surface area contributed by atoms with Gasteiger partial charge in [0.25, 0.3) is 5.69 Å². The van der Waals surface area contributed by atoms with Gasteiger partial charge in [-0.15, -0.1) is 0 Å². The Morgan fingerprint density at radius 1 is 1.21 bits per heavy atom. The van der Waals surface area contributed by atoms with Crippen LogP contribution in [0.2, 0.25) is 0 Å².